The molecule has 1 saturated carbocycles. The molecule has 0 amide bonds. The van der Waals surface area contributed by atoms with Gasteiger partial charge in [0, 0.05) is 17.8 Å². The number of ether oxygens (including phenoxy) is 2. The summed E-state index contributed by atoms with van der Waals surface area (Å²) in [5.74, 6) is 0.311. The van der Waals surface area contributed by atoms with E-state index in [1.165, 1.54) is 12.6 Å². The highest BCUT2D eigenvalue weighted by Crippen LogP contribution is 2.35. The van der Waals surface area contributed by atoms with Crippen molar-refractivity contribution in [2.45, 2.75) is 53.1 Å². The lowest BCUT2D eigenvalue weighted by Gasteiger charge is -2.36. The van der Waals surface area contributed by atoms with E-state index in [9.17, 15) is 9.59 Å². The van der Waals surface area contributed by atoms with Gasteiger partial charge in [-0.1, -0.05) is 27.2 Å². The lowest BCUT2D eigenvalue weighted by Crippen LogP contribution is -2.36. The number of H-pyrrole nitrogens is 1. The minimum absolute atomic E-state index is 0.0968. The number of pyridine rings is 1. The first-order valence-electron chi connectivity index (χ1n) is 9.65. The van der Waals surface area contributed by atoms with Crippen molar-refractivity contribution in [3.05, 3.63) is 29.6 Å². The third kappa shape index (κ3) is 4.49. The molecule has 3 rings (SSSR count). The second kappa shape index (κ2) is 8.11. The van der Waals surface area contributed by atoms with Gasteiger partial charge in [0.1, 0.15) is 11.8 Å². The van der Waals surface area contributed by atoms with Crippen LogP contribution in [0.2, 0.25) is 0 Å². The summed E-state index contributed by atoms with van der Waals surface area (Å²) in [6.45, 7) is 8.06. The highest BCUT2D eigenvalue weighted by Gasteiger charge is 2.33. The lowest BCUT2D eigenvalue weighted by molar-refractivity contribution is -0.159. The van der Waals surface area contributed by atoms with Gasteiger partial charge in [0.05, 0.1) is 5.56 Å². The highest BCUT2D eigenvalue weighted by molar-refractivity contribution is 5.94. The number of carbonyl (C=O) groups is 2. The second-order valence-corrected chi connectivity index (χ2v) is 8.02. The van der Waals surface area contributed by atoms with Crippen LogP contribution in [0, 0.1) is 24.7 Å². The van der Waals surface area contributed by atoms with Crippen LogP contribution in [0.25, 0.3) is 11.0 Å². The van der Waals surface area contributed by atoms with E-state index < -0.39 is 11.9 Å². The molecule has 1 aliphatic rings. The van der Waals surface area contributed by atoms with Crippen LogP contribution in [-0.2, 0) is 14.3 Å². The van der Waals surface area contributed by atoms with Crippen LogP contribution in [0.5, 0.6) is 0 Å². The molecule has 1 fully saturated rings. The summed E-state index contributed by atoms with van der Waals surface area (Å²) in [5.41, 5.74) is 2.04. The van der Waals surface area contributed by atoms with Gasteiger partial charge < -0.3 is 14.5 Å². The maximum atomic E-state index is 12.3. The van der Waals surface area contributed by atoms with Gasteiger partial charge in [0.15, 0.2) is 6.61 Å². The Morgan fingerprint density at radius 3 is 2.85 bits per heavy atom. The molecule has 27 heavy (non-hydrogen) atoms. The Balaban J connectivity index is 1.57. The normalized spacial score (nSPS) is 22.8. The van der Waals surface area contributed by atoms with Crippen molar-refractivity contribution in [3.8, 4) is 0 Å². The van der Waals surface area contributed by atoms with Gasteiger partial charge in [-0.05, 0) is 49.1 Å². The summed E-state index contributed by atoms with van der Waals surface area (Å²) >= 11 is 0. The molecule has 2 heterocycles. The molecular weight excluding hydrogens is 344 g/mol. The molecule has 3 unspecified atom stereocenters. The Kier molecular flexibility index (Phi) is 5.82. The SMILES string of the molecule is Cc1c[nH]c2ncc(C(=O)OCC(=O)OC3CC(C)CCC3C(C)C)cc12. The Morgan fingerprint density at radius 2 is 2.11 bits per heavy atom. The van der Waals surface area contributed by atoms with E-state index >= 15 is 0 Å². The van der Waals surface area contributed by atoms with Gasteiger partial charge >= 0.3 is 11.9 Å². The van der Waals surface area contributed by atoms with E-state index in [0.717, 1.165) is 29.4 Å². The van der Waals surface area contributed by atoms with Gasteiger partial charge in [-0.15, -0.1) is 0 Å². The fourth-order valence-electron chi connectivity index (χ4n) is 3.91. The first kappa shape index (κ1) is 19.4. The lowest BCUT2D eigenvalue weighted by atomic mass is 9.75. The molecule has 6 nitrogen and oxygen atoms in total. The van der Waals surface area contributed by atoms with Crippen LogP contribution in [-0.4, -0.2) is 34.6 Å². The molecule has 1 aliphatic carbocycles. The molecule has 6 heteroatoms. The van der Waals surface area contributed by atoms with Gasteiger partial charge in [-0.2, -0.15) is 0 Å². The van der Waals surface area contributed by atoms with Crippen molar-refractivity contribution in [2.75, 3.05) is 6.61 Å². The first-order valence-corrected chi connectivity index (χ1v) is 9.65. The molecule has 0 radical (unpaired) electrons. The maximum Gasteiger partial charge on any atom is 0.344 e. The minimum Gasteiger partial charge on any atom is -0.460 e. The van der Waals surface area contributed by atoms with Crippen molar-refractivity contribution in [3.63, 3.8) is 0 Å². The number of nitrogens with one attached hydrogen (secondary N) is 1. The third-order valence-electron chi connectivity index (χ3n) is 5.54. The van der Waals surface area contributed by atoms with Crippen LogP contribution in [0.4, 0.5) is 0 Å². The first-order chi connectivity index (χ1) is 12.8. The number of rotatable bonds is 5. The Hall–Kier alpha value is -2.37. The molecule has 2 aromatic heterocycles. The van der Waals surface area contributed by atoms with E-state index in [-0.39, 0.29) is 12.7 Å². The quantitative estimate of drug-likeness (QED) is 0.801. The summed E-state index contributed by atoms with van der Waals surface area (Å²) in [6, 6.07) is 1.72. The second-order valence-electron chi connectivity index (χ2n) is 8.02. The highest BCUT2D eigenvalue weighted by atomic mass is 16.6. The monoisotopic (exact) mass is 372 g/mol. The maximum absolute atomic E-state index is 12.3. The van der Waals surface area contributed by atoms with Crippen LogP contribution in [0.1, 0.15) is 56.0 Å². The predicted octanol–water partition coefficient (Wildman–Crippen LogP) is 4.03. The number of hydrogen-bond donors (Lipinski definition) is 1. The molecule has 0 spiro atoms. The average Bonchev–Trinajstić information content (AvgIpc) is 3.00. The van der Waals surface area contributed by atoms with E-state index in [1.54, 1.807) is 6.07 Å². The summed E-state index contributed by atoms with van der Waals surface area (Å²) in [4.78, 5) is 31.7. The Bertz CT molecular complexity index is 827. The molecule has 0 aromatic carbocycles. The van der Waals surface area contributed by atoms with Gasteiger partial charge in [0.25, 0.3) is 0 Å². The number of aromatic amines is 1. The van der Waals surface area contributed by atoms with E-state index in [0.29, 0.717) is 23.3 Å². The third-order valence-corrected chi connectivity index (χ3v) is 5.54. The molecule has 0 bridgehead atoms. The molecule has 1 N–H and O–H groups in total. The number of nitrogens with zero attached hydrogens (tertiary/aromatic N) is 1. The summed E-state index contributed by atoms with van der Waals surface area (Å²) in [5, 5.41) is 0.864. The van der Waals surface area contributed by atoms with E-state index in [4.69, 9.17) is 9.47 Å². The van der Waals surface area contributed by atoms with E-state index in [2.05, 4.69) is 30.7 Å². The van der Waals surface area contributed by atoms with Crippen molar-refractivity contribution < 1.29 is 19.1 Å². The number of aryl methyl sites for hydroxylation is 1. The van der Waals surface area contributed by atoms with Gasteiger partial charge in [-0.25, -0.2) is 14.6 Å². The van der Waals surface area contributed by atoms with Crippen LogP contribution in [0.3, 0.4) is 0 Å². The Morgan fingerprint density at radius 1 is 1.33 bits per heavy atom. The zero-order chi connectivity index (χ0) is 19.6. The molecule has 0 aliphatic heterocycles. The topological polar surface area (TPSA) is 81.3 Å². The number of aromatic nitrogens is 2. The molecule has 2 aromatic rings. The van der Waals surface area contributed by atoms with Crippen molar-refractivity contribution >= 4 is 23.0 Å². The number of fused-ring (bicyclic) bond motifs is 1. The van der Waals surface area contributed by atoms with Gasteiger partial charge in [-0.3, -0.25) is 0 Å². The summed E-state index contributed by atoms with van der Waals surface area (Å²) in [6.07, 6.45) is 6.29. The van der Waals surface area contributed by atoms with E-state index in [1.807, 2.05) is 13.1 Å². The zero-order valence-electron chi connectivity index (χ0n) is 16.5. The fraction of sp³-hybridized carbons (Fsp3) is 0.571. The number of carbonyl (C=O) groups excluding carboxylic acids is 2. The molecule has 0 saturated heterocycles. The fourth-order valence-corrected chi connectivity index (χ4v) is 3.91. The summed E-state index contributed by atoms with van der Waals surface area (Å²) < 4.78 is 10.8. The standard InChI is InChI=1S/C21H28N2O4/c1-12(2)16-6-5-13(3)7-18(16)27-19(24)11-26-21(25)15-8-17-14(4)9-22-20(17)23-10-15/h8-10,12-13,16,18H,5-7,11H2,1-4H3,(H,22,23). The molecule has 146 valence electrons. The zero-order valence-corrected chi connectivity index (χ0v) is 16.5. The van der Waals surface area contributed by atoms with Crippen molar-refractivity contribution in [1.29, 1.82) is 0 Å². The molecular formula is C21H28N2O4. The van der Waals surface area contributed by atoms with Crippen LogP contribution >= 0.6 is 0 Å². The smallest absolute Gasteiger partial charge is 0.344 e. The van der Waals surface area contributed by atoms with Gasteiger partial charge in [0.2, 0.25) is 0 Å². The van der Waals surface area contributed by atoms with Crippen molar-refractivity contribution in [2.24, 2.45) is 17.8 Å². The predicted molar refractivity (Wildman–Crippen MR) is 102 cm³/mol. The largest absolute Gasteiger partial charge is 0.460 e. The minimum atomic E-state index is -0.570. The number of hydrogen-bond acceptors (Lipinski definition) is 5. The average molecular weight is 372 g/mol. The van der Waals surface area contributed by atoms with Crippen LogP contribution < -0.4 is 0 Å². The number of esters is 2. The van der Waals surface area contributed by atoms with Crippen molar-refractivity contribution in [1.82, 2.24) is 9.97 Å². The summed E-state index contributed by atoms with van der Waals surface area (Å²) in [7, 11) is 0. The molecule has 3 atom stereocenters. The Labute approximate surface area is 159 Å². The van der Waals surface area contributed by atoms with Crippen LogP contribution in [0.15, 0.2) is 18.5 Å².